The van der Waals surface area contributed by atoms with Crippen LogP contribution in [0.1, 0.15) is 17.3 Å². The van der Waals surface area contributed by atoms with E-state index in [2.05, 4.69) is 47.5 Å². The number of aromatic nitrogens is 1. The van der Waals surface area contributed by atoms with E-state index in [1.165, 1.54) is 25.4 Å². The molecule has 0 fully saturated rings. The molecule has 26 heavy (non-hydrogen) atoms. The maximum atomic E-state index is 12.7. The smallest absolute Gasteiger partial charge is 0.261 e. The molecule has 2 aromatic carbocycles. The second-order valence-corrected chi connectivity index (χ2v) is 8.11. The summed E-state index contributed by atoms with van der Waals surface area (Å²) in [6.45, 7) is 1.45. The SMILES string of the molecule is COc1c(Br)cc(Br)cc1C(=O)Nc1nc2ccc(NC(C)=O)cc2s1. The molecule has 6 nitrogen and oxygen atoms in total. The predicted octanol–water partition coefficient (Wildman–Crippen LogP) is 5.04. The van der Waals surface area contributed by atoms with Crippen molar-refractivity contribution in [3.8, 4) is 5.75 Å². The van der Waals surface area contributed by atoms with Crippen molar-refractivity contribution in [3.63, 3.8) is 0 Å². The topological polar surface area (TPSA) is 80.3 Å². The average Bonchev–Trinajstić information content (AvgIpc) is 2.95. The largest absolute Gasteiger partial charge is 0.495 e. The summed E-state index contributed by atoms with van der Waals surface area (Å²) in [5, 5.41) is 5.98. The van der Waals surface area contributed by atoms with Gasteiger partial charge in [0.05, 0.1) is 27.4 Å². The van der Waals surface area contributed by atoms with Gasteiger partial charge in [0.15, 0.2) is 5.13 Å². The van der Waals surface area contributed by atoms with Gasteiger partial charge in [-0.1, -0.05) is 27.3 Å². The molecule has 0 unspecified atom stereocenters. The number of hydrogen-bond acceptors (Lipinski definition) is 5. The third-order valence-electron chi connectivity index (χ3n) is 3.39. The van der Waals surface area contributed by atoms with E-state index in [1.54, 1.807) is 24.3 Å². The number of benzene rings is 2. The fourth-order valence-corrected chi connectivity index (χ4v) is 4.65. The highest BCUT2D eigenvalue weighted by molar-refractivity contribution is 9.11. The van der Waals surface area contributed by atoms with Gasteiger partial charge in [-0.05, 0) is 46.3 Å². The van der Waals surface area contributed by atoms with E-state index in [0.29, 0.717) is 26.6 Å². The molecule has 0 bridgehead atoms. The second kappa shape index (κ2) is 7.73. The molecule has 3 rings (SSSR count). The Morgan fingerprint density at radius 2 is 1.92 bits per heavy atom. The van der Waals surface area contributed by atoms with E-state index < -0.39 is 0 Å². The number of amides is 2. The first-order valence-corrected chi connectivity index (χ1v) is 9.80. The normalized spacial score (nSPS) is 10.6. The zero-order valence-corrected chi connectivity index (χ0v) is 17.7. The number of methoxy groups -OCH3 is 1. The minimum absolute atomic E-state index is 0.144. The Kier molecular flexibility index (Phi) is 5.59. The standard InChI is InChI=1S/C17H13Br2N3O3S/c1-8(23)20-10-3-4-13-14(7-10)26-17(21-13)22-16(24)11-5-9(18)6-12(19)15(11)25-2/h3-7H,1-2H3,(H,20,23)(H,21,22,24). The summed E-state index contributed by atoms with van der Waals surface area (Å²) in [6.07, 6.45) is 0. The Bertz CT molecular complexity index is 1020. The Morgan fingerprint density at radius 1 is 1.15 bits per heavy atom. The van der Waals surface area contributed by atoms with Crippen LogP contribution in [0.2, 0.25) is 0 Å². The Labute approximate surface area is 170 Å². The minimum Gasteiger partial charge on any atom is -0.495 e. The van der Waals surface area contributed by atoms with Crippen LogP contribution in [0.3, 0.4) is 0 Å². The first-order chi connectivity index (χ1) is 12.4. The van der Waals surface area contributed by atoms with Crippen molar-refractivity contribution in [2.75, 3.05) is 17.7 Å². The molecule has 9 heteroatoms. The number of nitrogens with zero attached hydrogens (tertiary/aromatic N) is 1. The molecular weight excluding hydrogens is 486 g/mol. The van der Waals surface area contributed by atoms with Gasteiger partial charge < -0.3 is 10.1 Å². The maximum Gasteiger partial charge on any atom is 0.261 e. The van der Waals surface area contributed by atoms with Crippen molar-refractivity contribution in [2.24, 2.45) is 0 Å². The molecule has 0 spiro atoms. The summed E-state index contributed by atoms with van der Waals surface area (Å²) in [6, 6.07) is 8.87. The van der Waals surface area contributed by atoms with Crippen LogP contribution in [0.25, 0.3) is 10.2 Å². The van der Waals surface area contributed by atoms with Crippen molar-refractivity contribution in [2.45, 2.75) is 6.92 Å². The number of nitrogens with one attached hydrogen (secondary N) is 2. The molecule has 0 aliphatic heterocycles. The summed E-state index contributed by atoms with van der Waals surface area (Å²) in [5.41, 5.74) is 1.80. The molecule has 3 aromatic rings. The third-order valence-corrected chi connectivity index (χ3v) is 5.37. The van der Waals surface area contributed by atoms with Crippen LogP contribution in [0, 0.1) is 0 Å². The lowest BCUT2D eigenvalue weighted by molar-refractivity contribution is -0.114. The lowest BCUT2D eigenvalue weighted by atomic mass is 10.2. The molecule has 0 aliphatic rings. The lowest BCUT2D eigenvalue weighted by Crippen LogP contribution is -2.13. The Hall–Kier alpha value is -1.97. The van der Waals surface area contributed by atoms with Gasteiger partial charge in [-0.2, -0.15) is 0 Å². The van der Waals surface area contributed by atoms with Gasteiger partial charge in [0.2, 0.25) is 5.91 Å². The monoisotopic (exact) mass is 497 g/mol. The zero-order chi connectivity index (χ0) is 18.8. The second-order valence-electron chi connectivity index (χ2n) is 5.31. The number of fused-ring (bicyclic) bond motifs is 1. The summed E-state index contributed by atoms with van der Waals surface area (Å²) < 4.78 is 7.59. The fourth-order valence-electron chi connectivity index (χ4n) is 2.36. The van der Waals surface area contributed by atoms with Crippen molar-refractivity contribution >= 4 is 76.0 Å². The van der Waals surface area contributed by atoms with E-state index in [0.717, 1.165) is 14.7 Å². The number of halogens is 2. The summed E-state index contributed by atoms with van der Waals surface area (Å²) in [4.78, 5) is 28.2. The van der Waals surface area contributed by atoms with Crippen LogP contribution in [0.5, 0.6) is 5.75 Å². The zero-order valence-electron chi connectivity index (χ0n) is 13.7. The van der Waals surface area contributed by atoms with Crippen molar-refractivity contribution < 1.29 is 14.3 Å². The number of thiazole rings is 1. The van der Waals surface area contributed by atoms with Crippen molar-refractivity contribution in [1.29, 1.82) is 0 Å². The molecule has 0 saturated carbocycles. The van der Waals surface area contributed by atoms with E-state index in [-0.39, 0.29) is 11.8 Å². The quantitative estimate of drug-likeness (QED) is 0.528. The van der Waals surface area contributed by atoms with Gasteiger partial charge in [-0.3, -0.25) is 14.9 Å². The first-order valence-electron chi connectivity index (χ1n) is 7.40. The highest BCUT2D eigenvalue weighted by Gasteiger charge is 2.18. The van der Waals surface area contributed by atoms with Gasteiger partial charge >= 0.3 is 0 Å². The van der Waals surface area contributed by atoms with Gasteiger partial charge in [-0.15, -0.1) is 0 Å². The summed E-state index contributed by atoms with van der Waals surface area (Å²) in [5.74, 6) is -0.0283. The van der Waals surface area contributed by atoms with Crippen molar-refractivity contribution in [3.05, 3.63) is 44.8 Å². The Morgan fingerprint density at radius 3 is 2.62 bits per heavy atom. The number of hydrogen-bond donors (Lipinski definition) is 2. The van der Waals surface area contributed by atoms with E-state index >= 15 is 0 Å². The highest BCUT2D eigenvalue weighted by Crippen LogP contribution is 2.34. The number of rotatable bonds is 4. The Balaban J connectivity index is 1.89. The molecule has 0 saturated heterocycles. The van der Waals surface area contributed by atoms with Crippen LogP contribution in [0.4, 0.5) is 10.8 Å². The van der Waals surface area contributed by atoms with Crippen molar-refractivity contribution in [1.82, 2.24) is 4.98 Å². The number of carbonyl (C=O) groups excluding carboxylic acids is 2. The fraction of sp³-hybridized carbons (Fsp3) is 0.118. The molecule has 2 N–H and O–H groups in total. The summed E-state index contributed by atoms with van der Waals surface area (Å²) >= 11 is 8.08. The third kappa shape index (κ3) is 4.05. The van der Waals surface area contributed by atoms with E-state index in [4.69, 9.17) is 4.74 Å². The van der Waals surface area contributed by atoms with Gasteiger partial charge in [0.25, 0.3) is 5.91 Å². The molecular formula is C17H13Br2N3O3S. The molecule has 0 atom stereocenters. The number of anilines is 2. The van der Waals surface area contributed by atoms with Crippen LogP contribution in [-0.4, -0.2) is 23.9 Å². The van der Waals surface area contributed by atoms with E-state index in [1.807, 2.05) is 6.07 Å². The maximum absolute atomic E-state index is 12.7. The molecule has 2 amide bonds. The van der Waals surface area contributed by atoms with E-state index in [9.17, 15) is 9.59 Å². The number of ether oxygens (including phenoxy) is 1. The molecule has 1 aromatic heterocycles. The lowest BCUT2D eigenvalue weighted by Gasteiger charge is -2.10. The molecule has 0 aliphatic carbocycles. The number of carbonyl (C=O) groups is 2. The van der Waals surface area contributed by atoms with Crippen LogP contribution < -0.4 is 15.4 Å². The average molecular weight is 499 g/mol. The van der Waals surface area contributed by atoms with Crippen LogP contribution in [0.15, 0.2) is 39.3 Å². The van der Waals surface area contributed by atoms with Crippen LogP contribution in [-0.2, 0) is 4.79 Å². The molecule has 134 valence electrons. The molecule has 0 radical (unpaired) electrons. The van der Waals surface area contributed by atoms with Gasteiger partial charge in [0.1, 0.15) is 5.75 Å². The molecule has 1 heterocycles. The minimum atomic E-state index is -0.329. The predicted molar refractivity (Wildman–Crippen MR) is 110 cm³/mol. The highest BCUT2D eigenvalue weighted by atomic mass is 79.9. The van der Waals surface area contributed by atoms with Crippen LogP contribution >= 0.6 is 43.2 Å². The first kappa shape index (κ1) is 18.8. The van der Waals surface area contributed by atoms with Gasteiger partial charge in [0, 0.05) is 17.1 Å². The van der Waals surface area contributed by atoms with Gasteiger partial charge in [-0.25, -0.2) is 4.98 Å². The summed E-state index contributed by atoms with van der Waals surface area (Å²) in [7, 11) is 1.51.